The quantitative estimate of drug-likeness (QED) is 0.274. The van der Waals surface area contributed by atoms with Crippen LogP contribution in [0.25, 0.3) is 0 Å². The fraction of sp³-hybridized carbons (Fsp3) is 0.581. The second-order valence-electron chi connectivity index (χ2n) is 9.82. The van der Waals surface area contributed by atoms with Gasteiger partial charge in [-0.15, -0.1) is 0 Å². The van der Waals surface area contributed by atoms with Crippen LogP contribution in [0.1, 0.15) is 103 Å². The smallest absolute Gasteiger partial charge is 0.247 e. The van der Waals surface area contributed by atoms with Crippen LogP contribution in [-0.2, 0) is 11.2 Å². The van der Waals surface area contributed by atoms with Gasteiger partial charge in [-0.1, -0.05) is 89.3 Å². The maximum absolute atomic E-state index is 13.3. The topological polar surface area (TPSA) is 41.1 Å². The number of amides is 1. The maximum Gasteiger partial charge on any atom is 0.247 e. The highest BCUT2D eigenvalue weighted by atomic mass is 16.1. The van der Waals surface area contributed by atoms with Gasteiger partial charge in [-0.3, -0.25) is 4.79 Å². The molecule has 0 aromatic heterocycles. The van der Waals surface area contributed by atoms with Crippen molar-refractivity contribution >= 4 is 5.91 Å². The zero-order valence-electron chi connectivity index (χ0n) is 22.0. The van der Waals surface area contributed by atoms with Crippen LogP contribution >= 0.6 is 0 Å². The molecule has 0 saturated carbocycles. The summed E-state index contributed by atoms with van der Waals surface area (Å²) in [5, 5.41) is 6.80. The predicted octanol–water partition coefficient (Wildman–Crippen LogP) is 8.00. The van der Waals surface area contributed by atoms with Crippen LogP contribution in [-0.4, -0.2) is 12.5 Å². The molecule has 188 valence electrons. The summed E-state index contributed by atoms with van der Waals surface area (Å²) in [6, 6.07) is 10.4. The maximum atomic E-state index is 13.3. The Bertz CT molecular complexity index is 791. The molecule has 1 unspecified atom stereocenters. The van der Waals surface area contributed by atoms with E-state index in [1.165, 1.54) is 55.4 Å². The first-order valence-electron chi connectivity index (χ1n) is 13.8. The zero-order chi connectivity index (χ0) is 24.4. The molecule has 1 aromatic rings. The van der Waals surface area contributed by atoms with Crippen molar-refractivity contribution in [2.24, 2.45) is 5.92 Å². The van der Waals surface area contributed by atoms with Crippen LogP contribution in [0, 0.1) is 5.92 Å². The summed E-state index contributed by atoms with van der Waals surface area (Å²) >= 11 is 0. The Morgan fingerprint density at radius 3 is 2.56 bits per heavy atom. The third kappa shape index (κ3) is 11.2. The molecule has 1 aliphatic carbocycles. The lowest BCUT2D eigenvalue weighted by Gasteiger charge is -2.18. The van der Waals surface area contributed by atoms with Gasteiger partial charge in [0, 0.05) is 17.8 Å². The second kappa shape index (κ2) is 17.2. The summed E-state index contributed by atoms with van der Waals surface area (Å²) in [4.78, 5) is 13.3. The Hall–Kier alpha value is -2.29. The summed E-state index contributed by atoms with van der Waals surface area (Å²) in [5.41, 5.74) is 4.85. The van der Waals surface area contributed by atoms with Gasteiger partial charge in [-0.25, -0.2) is 0 Å². The van der Waals surface area contributed by atoms with Crippen molar-refractivity contribution < 1.29 is 4.79 Å². The van der Waals surface area contributed by atoms with Gasteiger partial charge in [0.25, 0.3) is 0 Å². The lowest BCUT2D eigenvalue weighted by atomic mass is 9.93. The first-order chi connectivity index (χ1) is 16.6. The average molecular weight is 465 g/mol. The van der Waals surface area contributed by atoms with E-state index in [1.807, 2.05) is 6.07 Å². The number of rotatable bonds is 14. The van der Waals surface area contributed by atoms with Crippen LogP contribution < -0.4 is 10.6 Å². The van der Waals surface area contributed by atoms with Crippen molar-refractivity contribution in [2.45, 2.75) is 104 Å². The number of hydrogen-bond acceptors (Lipinski definition) is 2. The summed E-state index contributed by atoms with van der Waals surface area (Å²) in [6.45, 7) is 7.44. The SMILES string of the molecule is CCC/C=C\N/C1=C(\C=C(/CCCC(C)CC)C(=O)NCCc2ccccc2)CCCCCC1. The van der Waals surface area contributed by atoms with Crippen molar-refractivity contribution in [3.05, 3.63) is 71.1 Å². The van der Waals surface area contributed by atoms with Gasteiger partial charge in [0.05, 0.1) is 0 Å². The first kappa shape index (κ1) is 28.0. The minimum atomic E-state index is 0.107. The van der Waals surface area contributed by atoms with Gasteiger partial charge in [-0.05, 0) is 80.7 Å². The van der Waals surface area contributed by atoms with E-state index in [2.05, 4.69) is 74.0 Å². The highest BCUT2D eigenvalue weighted by Gasteiger charge is 2.14. The van der Waals surface area contributed by atoms with Crippen molar-refractivity contribution in [1.29, 1.82) is 0 Å². The normalized spacial score (nSPS) is 18.4. The van der Waals surface area contributed by atoms with Gasteiger partial charge in [0.2, 0.25) is 5.91 Å². The van der Waals surface area contributed by atoms with E-state index in [0.29, 0.717) is 12.5 Å². The van der Waals surface area contributed by atoms with E-state index >= 15 is 0 Å². The Kier molecular flexibility index (Phi) is 14.1. The molecule has 0 bridgehead atoms. The summed E-state index contributed by atoms with van der Waals surface area (Å²) in [6.07, 6.45) is 21.1. The van der Waals surface area contributed by atoms with Crippen molar-refractivity contribution in [3.63, 3.8) is 0 Å². The molecule has 2 rings (SSSR count). The highest BCUT2D eigenvalue weighted by Crippen LogP contribution is 2.25. The van der Waals surface area contributed by atoms with Gasteiger partial charge < -0.3 is 10.6 Å². The minimum absolute atomic E-state index is 0.107. The van der Waals surface area contributed by atoms with E-state index in [-0.39, 0.29) is 5.91 Å². The lowest BCUT2D eigenvalue weighted by Crippen LogP contribution is -2.27. The predicted molar refractivity (Wildman–Crippen MR) is 146 cm³/mol. The minimum Gasteiger partial charge on any atom is -0.365 e. The van der Waals surface area contributed by atoms with Crippen molar-refractivity contribution in [1.82, 2.24) is 10.6 Å². The number of allylic oxidation sites excluding steroid dienone is 4. The molecule has 3 heteroatoms. The van der Waals surface area contributed by atoms with Gasteiger partial charge >= 0.3 is 0 Å². The molecular weight excluding hydrogens is 416 g/mol. The average Bonchev–Trinajstić information content (AvgIpc) is 2.84. The third-order valence-corrected chi connectivity index (χ3v) is 6.86. The lowest BCUT2D eigenvalue weighted by molar-refractivity contribution is -0.117. The molecule has 1 atom stereocenters. The van der Waals surface area contributed by atoms with Crippen LogP contribution in [0.3, 0.4) is 0 Å². The molecule has 34 heavy (non-hydrogen) atoms. The van der Waals surface area contributed by atoms with Crippen LogP contribution in [0.2, 0.25) is 0 Å². The van der Waals surface area contributed by atoms with E-state index in [4.69, 9.17) is 0 Å². The number of hydrogen-bond donors (Lipinski definition) is 2. The molecule has 0 heterocycles. The van der Waals surface area contributed by atoms with Gasteiger partial charge in [-0.2, -0.15) is 0 Å². The van der Waals surface area contributed by atoms with E-state index in [0.717, 1.165) is 50.5 Å². The monoisotopic (exact) mass is 464 g/mol. The van der Waals surface area contributed by atoms with Gasteiger partial charge in [0.1, 0.15) is 0 Å². The Morgan fingerprint density at radius 2 is 1.82 bits per heavy atom. The Labute approximate surface area is 209 Å². The molecule has 1 amide bonds. The van der Waals surface area contributed by atoms with E-state index in [1.54, 1.807) is 0 Å². The Morgan fingerprint density at radius 1 is 1.06 bits per heavy atom. The Balaban J connectivity index is 2.17. The molecule has 2 N–H and O–H groups in total. The number of carbonyl (C=O) groups is 1. The fourth-order valence-corrected chi connectivity index (χ4v) is 4.40. The molecular formula is C31H48N2O. The third-order valence-electron chi connectivity index (χ3n) is 6.86. The number of nitrogens with one attached hydrogen (secondary N) is 2. The standard InChI is InChI=1S/C31H48N2O/c1-4-6-14-23-32-30-21-13-8-7-12-19-28(30)25-29(20-15-16-26(3)5-2)31(34)33-24-22-27-17-10-9-11-18-27/h9-11,14,17-18,23,25-26,32H,4-8,12-13,15-16,19-22,24H2,1-3H3,(H,33,34)/b23-14-,29-25+,30-28-. The highest BCUT2D eigenvalue weighted by molar-refractivity contribution is 5.93. The zero-order valence-corrected chi connectivity index (χ0v) is 22.0. The second-order valence-corrected chi connectivity index (χ2v) is 9.82. The van der Waals surface area contributed by atoms with Crippen LogP contribution in [0.4, 0.5) is 0 Å². The van der Waals surface area contributed by atoms with Crippen LogP contribution in [0.5, 0.6) is 0 Å². The number of carbonyl (C=O) groups excluding carboxylic acids is 1. The molecule has 3 nitrogen and oxygen atoms in total. The summed E-state index contributed by atoms with van der Waals surface area (Å²) in [5.74, 6) is 0.819. The molecule has 0 aliphatic heterocycles. The molecule has 1 aromatic carbocycles. The first-order valence-corrected chi connectivity index (χ1v) is 13.8. The largest absolute Gasteiger partial charge is 0.365 e. The fourth-order valence-electron chi connectivity index (χ4n) is 4.40. The number of unbranched alkanes of at least 4 members (excludes halogenated alkanes) is 1. The summed E-state index contributed by atoms with van der Waals surface area (Å²) < 4.78 is 0. The molecule has 1 aliphatic rings. The van der Waals surface area contributed by atoms with Gasteiger partial charge in [0.15, 0.2) is 0 Å². The molecule has 0 fully saturated rings. The van der Waals surface area contributed by atoms with E-state index < -0.39 is 0 Å². The summed E-state index contributed by atoms with van der Waals surface area (Å²) in [7, 11) is 0. The molecule has 0 radical (unpaired) electrons. The van der Waals surface area contributed by atoms with E-state index in [9.17, 15) is 4.79 Å². The molecule has 0 saturated heterocycles. The van der Waals surface area contributed by atoms with Crippen LogP contribution in [0.15, 0.2) is 65.5 Å². The molecule has 0 spiro atoms. The van der Waals surface area contributed by atoms with Crippen molar-refractivity contribution in [3.8, 4) is 0 Å². The van der Waals surface area contributed by atoms with Crippen molar-refractivity contribution in [2.75, 3.05) is 6.54 Å². The number of benzene rings is 1.